The number of rotatable bonds is 2. The summed E-state index contributed by atoms with van der Waals surface area (Å²) >= 11 is 3.27. The minimum Gasteiger partial charge on any atom is -0.481 e. The van der Waals surface area contributed by atoms with E-state index in [0.29, 0.717) is 5.69 Å². The Hall–Kier alpha value is -1.08. The maximum Gasteiger partial charge on any atom is 0.304 e. The largest absolute Gasteiger partial charge is 0.481 e. The van der Waals surface area contributed by atoms with Crippen LogP contribution in [0.5, 0.6) is 0 Å². The van der Waals surface area contributed by atoms with Crippen LogP contribution in [0, 0.1) is 0 Å². The Bertz CT molecular complexity index is 599. The van der Waals surface area contributed by atoms with Gasteiger partial charge in [0.05, 0.1) is 22.3 Å². The zero-order valence-corrected chi connectivity index (χ0v) is 12.0. The topological polar surface area (TPSA) is 83.5 Å². The molecule has 18 heavy (non-hydrogen) atoms. The Morgan fingerprint density at radius 1 is 1.50 bits per heavy atom. The first-order valence-corrected chi connectivity index (χ1v) is 7.68. The number of halogens is 1. The third-order valence-corrected chi connectivity index (χ3v) is 5.80. The second kappa shape index (κ2) is 4.55. The highest BCUT2D eigenvalue weighted by Crippen LogP contribution is 2.35. The number of fused-ring (bicyclic) bond motifs is 1. The van der Waals surface area contributed by atoms with E-state index >= 15 is 0 Å². The lowest BCUT2D eigenvalue weighted by atomic mass is 10.1. The van der Waals surface area contributed by atoms with Gasteiger partial charge in [0.25, 0.3) is 0 Å². The molecule has 0 spiro atoms. The Labute approximate surface area is 113 Å². The van der Waals surface area contributed by atoms with E-state index in [0.717, 1.165) is 4.47 Å². The molecule has 2 N–H and O–H groups in total. The molecule has 0 aliphatic carbocycles. The average Bonchev–Trinajstić information content (AvgIpc) is 2.23. The van der Waals surface area contributed by atoms with E-state index in [-0.39, 0.29) is 4.90 Å². The molecule has 0 aromatic heterocycles. The zero-order chi connectivity index (χ0) is 13.5. The van der Waals surface area contributed by atoms with E-state index in [9.17, 15) is 13.2 Å². The second-order valence-electron chi connectivity index (χ2n) is 4.25. The van der Waals surface area contributed by atoms with Gasteiger partial charge in [0.2, 0.25) is 0 Å². The maximum absolute atomic E-state index is 12.3. The molecular weight excluding hydrogens is 322 g/mol. The summed E-state index contributed by atoms with van der Waals surface area (Å²) in [5, 5.41) is 10.9. The highest BCUT2D eigenvalue weighted by Gasteiger charge is 2.39. The predicted molar refractivity (Wildman–Crippen MR) is 70.5 cm³/mol. The van der Waals surface area contributed by atoms with Crippen LogP contribution in [0.2, 0.25) is 0 Å². The minimum absolute atomic E-state index is 0.162. The van der Waals surface area contributed by atoms with Gasteiger partial charge in [-0.3, -0.25) is 4.79 Å². The van der Waals surface area contributed by atoms with Crippen LogP contribution in [0.1, 0.15) is 13.3 Å². The summed E-state index contributed by atoms with van der Waals surface area (Å²) in [7, 11) is -3.61. The van der Waals surface area contributed by atoms with Crippen molar-refractivity contribution in [3.63, 3.8) is 0 Å². The summed E-state index contributed by atoms with van der Waals surface area (Å²) in [6.07, 6.45) is -0.397. The second-order valence-corrected chi connectivity index (χ2v) is 7.31. The minimum atomic E-state index is -3.61. The number of nitrogens with one attached hydrogen (secondary N) is 1. The van der Waals surface area contributed by atoms with Gasteiger partial charge >= 0.3 is 5.97 Å². The predicted octanol–water partition coefficient (Wildman–Crippen LogP) is 1.88. The quantitative estimate of drug-likeness (QED) is 0.863. The van der Waals surface area contributed by atoms with Crippen molar-refractivity contribution in [3.8, 4) is 0 Å². The summed E-state index contributed by atoms with van der Waals surface area (Å²) in [6.45, 7) is 1.68. The molecule has 7 heteroatoms. The monoisotopic (exact) mass is 333 g/mol. The molecule has 2 rings (SSSR count). The van der Waals surface area contributed by atoms with Crippen molar-refractivity contribution in [2.45, 2.75) is 29.5 Å². The fourth-order valence-corrected chi connectivity index (χ4v) is 4.43. The van der Waals surface area contributed by atoms with Crippen LogP contribution in [-0.4, -0.2) is 30.8 Å². The number of anilines is 1. The van der Waals surface area contributed by atoms with Gasteiger partial charge in [-0.15, -0.1) is 0 Å². The van der Waals surface area contributed by atoms with Gasteiger partial charge in [0, 0.05) is 10.5 Å². The molecule has 0 fully saturated rings. The molecule has 1 aromatic rings. The summed E-state index contributed by atoms with van der Waals surface area (Å²) < 4.78 is 25.5. The van der Waals surface area contributed by atoms with E-state index in [4.69, 9.17) is 5.11 Å². The van der Waals surface area contributed by atoms with Gasteiger partial charge in [0.1, 0.15) is 0 Å². The van der Waals surface area contributed by atoms with Crippen LogP contribution in [0.3, 0.4) is 0 Å². The van der Waals surface area contributed by atoms with Crippen LogP contribution >= 0.6 is 15.9 Å². The third kappa shape index (κ3) is 2.24. The first kappa shape index (κ1) is 13.4. The summed E-state index contributed by atoms with van der Waals surface area (Å²) in [6, 6.07) is 4.36. The molecule has 5 nitrogen and oxygen atoms in total. The van der Waals surface area contributed by atoms with Crippen LogP contribution < -0.4 is 5.32 Å². The Morgan fingerprint density at radius 2 is 2.17 bits per heavy atom. The van der Waals surface area contributed by atoms with E-state index in [1.165, 1.54) is 6.07 Å². The molecule has 2 unspecified atom stereocenters. The van der Waals surface area contributed by atoms with Crippen molar-refractivity contribution in [2.24, 2.45) is 0 Å². The van der Waals surface area contributed by atoms with Crippen molar-refractivity contribution in [3.05, 3.63) is 22.7 Å². The van der Waals surface area contributed by atoms with Crippen molar-refractivity contribution < 1.29 is 18.3 Å². The fourth-order valence-electron chi connectivity index (χ4n) is 2.09. The molecule has 0 saturated heterocycles. The van der Waals surface area contributed by atoms with Crippen LogP contribution in [0.4, 0.5) is 5.69 Å². The van der Waals surface area contributed by atoms with E-state index in [1.807, 2.05) is 0 Å². The van der Waals surface area contributed by atoms with Crippen LogP contribution in [0.25, 0.3) is 0 Å². The lowest BCUT2D eigenvalue weighted by molar-refractivity contribution is -0.137. The Kier molecular flexibility index (Phi) is 3.37. The molecule has 1 aliphatic rings. The van der Waals surface area contributed by atoms with Crippen molar-refractivity contribution in [2.75, 3.05) is 5.32 Å². The normalized spacial score (nSPS) is 25.0. The Balaban J connectivity index is 2.53. The molecule has 0 radical (unpaired) electrons. The highest BCUT2D eigenvalue weighted by molar-refractivity contribution is 9.10. The fraction of sp³-hybridized carbons (Fsp3) is 0.364. The van der Waals surface area contributed by atoms with Crippen LogP contribution in [0.15, 0.2) is 27.6 Å². The number of carboxylic acids is 1. The number of sulfone groups is 1. The number of hydrogen-bond acceptors (Lipinski definition) is 4. The molecule has 0 bridgehead atoms. The van der Waals surface area contributed by atoms with Crippen molar-refractivity contribution in [1.82, 2.24) is 0 Å². The van der Waals surface area contributed by atoms with Gasteiger partial charge in [-0.05, 0) is 25.1 Å². The number of aliphatic carboxylic acids is 1. The molecule has 2 atom stereocenters. The molecule has 1 heterocycles. The average molecular weight is 334 g/mol. The number of carboxylic acid groups (broad SMARTS) is 1. The number of benzene rings is 1. The highest BCUT2D eigenvalue weighted by atomic mass is 79.9. The summed E-state index contributed by atoms with van der Waals surface area (Å²) in [5.74, 6) is -1.11. The number of hydrogen-bond donors (Lipinski definition) is 2. The standard InChI is InChI=1S/C11H12BrNO4S/c1-6-10(5-11(14)15)18(16,17)9-3-2-7(12)4-8(9)13-6/h2-4,6,10,13H,5H2,1H3,(H,14,15). The lowest BCUT2D eigenvalue weighted by Crippen LogP contribution is -2.43. The van der Waals surface area contributed by atoms with Gasteiger partial charge in [-0.1, -0.05) is 15.9 Å². The first-order chi connectivity index (χ1) is 8.32. The van der Waals surface area contributed by atoms with Crippen molar-refractivity contribution in [1.29, 1.82) is 0 Å². The third-order valence-electron chi connectivity index (χ3n) is 2.96. The first-order valence-electron chi connectivity index (χ1n) is 5.34. The van der Waals surface area contributed by atoms with Crippen LogP contribution in [-0.2, 0) is 14.6 Å². The molecule has 1 aliphatic heterocycles. The smallest absolute Gasteiger partial charge is 0.304 e. The maximum atomic E-state index is 12.3. The van der Waals surface area contributed by atoms with Gasteiger partial charge < -0.3 is 10.4 Å². The van der Waals surface area contributed by atoms with Crippen molar-refractivity contribution >= 4 is 37.4 Å². The van der Waals surface area contributed by atoms with E-state index in [2.05, 4.69) is 21.2 Å². The zero-order valence-electron chi connectivity index (χ0n) is 9.55. The molecule has 1 aromatic carbocycles. The van der Waals surface area contributed by atoms with Gasteiger partial charge in [-0.25, -0.2) is 8.42 Å². The summed E-state index contributed by atoms with van der Waals surface area (Å²) in [4.78, 5) is 10.9. The van der Waals surface area contributed by atoms with Gasteiger partial charge in [-0.2, -0.15) is 0 Å². The molecule has 0 saturated carbocycles. The number of carbonyl (C=O) groups is 1. The molecular formula is C11H12BrNO4S. The Morgan fingerprint density at radius 3 is 2.78 bits per heavy atom. The van der Waals surface area contributed by atoms with E-state index < -0.39 is 33.5 Å². The SMILES string of the molecule is CC1Nc2cc(Br)ccc2S(=O)(=O)C1CC(=O)O. The molecule has 98 valence electrons. The summed E-state index contributed by atoms with van der Waals surface area (Å²) in [5.41, 5.74) is 0.513. The molecule has 0 amide bonds. The lowest BCUT2D eigenvalue weighted by Gasteiger charge is -2.31. The van der Waals surface area contributed by atoms with Gasteiger partial charge in [0.15, 0.2) is 9.84 Å². The van der Waals surface area contributed by atoms with E-state index in [1.54, 1.807) is 19.1 Å².